The summed E-state index contributed by atoms with van der Waals surface area (Å²) in [6.07, 6.45) is 0.473. The van der Waals surface area contributed by atoms with Gasteiger partial charge in [-0.3, -0.25) is 0 Å². The fourth-order valence-corrected chi connectivity index (χ4v) is 1.64. The second-order valence-electron chi connectivity index (χ2n) is 4.05. The summed E-state index contributed by atoms with van der Waals surface area (Å²) in [7, 11) is 1.77. The van der Waals surface area contributed by atoms with Gasteiger partial charge in [0, 0.05) is 13.0 Å². The van der Waals surface area contributed by atoms with Crippen molar-refractivity contribution in [1.29, 1.82) is 0 Å². The summed E-state index contributed by atoms with van der Waals surface area (Å²) in [5, 5.41) is 2.87. The lowest BCUT2D eigenvalue weighted by atomic mass is 9.95. The van der Waals surface area contributed by atoms with Crippen molar-refractivity contribution in [2.45, 2.75) is 25.9 Å². The standard InChI is InChI=1S/C12H18FN/c1-10-6-4-5-7-11(10)8-12(2,13)9-14-3/h4-7,14H,8-9H2,1-3H3. The zero-order chi connectivity index (χ0) is 10.6. The molecule has 1 atom stereocenters. The molecule has 0 bridgehead atoms. The normalized spacial score (nSPS) is 15.1. The lowest BCUT2D eigenvalue weighted by Gasteiger charge is -2.20. The van der Waals surface area contributed by atoms with Gasteiger partial charge in [0.2, 0.25) is 0 Å². The van der Waals surface area contributed by atoms with Crippen LogP contribution in [0.5, 0.6) is 0 Å². The summed E-state index contributed by atoms with van der Waals surface area (Å²) in [5.41, 5.74) is 1.08. The number of benzene rings is 1. The molecule has 78 valence electrons. The molecule has 2 heteroatoms. The molecule has 0 fully saturated rings. The zero-order valence-corrected chi connectivity index (χ0v) is 9.10. The van der Waals surface area contributed by atoms with Crippen LogP contribution in [0.15, 0.2) is 24.3 Å². The van der Waals surface area contributed by atoms with E-state index in [9.17, 15) is 4.39 Å². The van der Waals surface area contributed by atoms with Crippen LogP contribution in [-0.4, -0.2) is 19.3 Å². The van der Waals surface area contributed by atoms with Crippen molar-refractivity contribution < 1.29 is 4.39 Å². The van der Waals surface area contributed by atoms with Crippen LogP contribution in [0.25, 0.3) is 0 Å². The van der Waals surface area contributed by atoms with E-state index in [0.717, 1.165) is 11.1 Å². The Hall–Kier alpha value is -0.890. The summed E-state index contributed by atoms with van der Waals surface area (Å²) in [4.78, 5) is 0. The Morgan fingerprint density at radius 1 is 1.36 bits per heavy atom. The van der Waals surface area contributed by atoms with Crippen LogP contribution in [0.1, 0.15) is 18.1 Å². The van der Waals surface area contributed by atoms with Gasteiger partial charge in [0.25, 0.3) is 0 Å². The number of hydrogen-bond donors (Lipinski definition) is 1. The largest absolute Gasteiger partial charge is 0.317 e. The van der Waals surface area contributed by atoms with Crippen molar-refractivity contribution in [3.05, 3.63) is 35.4 Å². The van der Waals surface area contributed by atoms with E-state index in [-0.39, 0.29) is 0 Å². The van der Waals surface area contributed by atoms with E-state index in [1.54, 1.807) is 14.0 Å². The quantitative estimate of drug-likeness (QED) is 0.778. The summed E-state index contributed by atoms with van der Waals surface area (Å²) in [6.45, 7) is 4.04. The third kappa shape index (κ3) is 3.11. The van der Waals surface area contributed by atoms with Crippen molar-refractivity contribution in [1.82, 2.24) is 5.32 Å². The molecule has 1 unspecified atom stereocenters. The molecule has 0 amide bonds. The third-order valence-electron chi connectivity index (χ3n) is 2.37. The maximum atomic E-state index is 13.9. The summed E-state index contributed by atoms with van der Waals surface area (Å²) in [5.74, 6) is 0. The molecular formula is C12H18FN. The fraction of sp³-hybridized carbons (Fsp3) is 0.500. The highest BCUT2D eigenvalue weighted by Crippen LogP contribution is 2.19. The second-order valence-corrected chi connectivity index (χ2v) is 4.05. The van der Waals surface area contributed by atoms with Gasteiger partial charge in [-0.1, -0.05) is 24.3 Å². The SMILES string of the molecule is CNCC(C)(F)Cc1ccccc1C. The molecule has 1 aromatic rings. The number of halogens is 1. The Bertz CT molecular complexity index is 294. The highest BCUT2D eigenvalue weighted by Gasteiger charge is 2.22. The molecule has 0 heterocycles. The summed E-state index contributed by atoms with van der Waals surface area (Å²) < 4.78 is 13.9. The van der Waals surface area contributed by atoms with Crippen LogP contribution in [0.4, 0.5) is 4.39 Å². The van der Waals surface area contributed by atoms with Crippen LogP contribution in [0.2, 0.25) is 0 Å². The van der Waals surface area contributed by atoms with Gasteiger partial charge in [-0.05, 0) is 32.0 Å². The van der Waals surface area contributed by atoms with Gasteiger partial charge in [0.1, 0.15) is 5.67 Å². The van der Waals surface area contributed by atoms with E-state index >= 15 is 0 Å². The van der Waals surface area contributed by atoms with Gasteiger partial charge < -0.3 is 5.32 Å². The number of nitrogens with one attached hydrogen (secondary N) is 1. The second kappa shape index (κ2) is 4.56. The van der Waals surface area contributed by atoms with E-state index in [1.165, 1.54) is 0 Å². The maximum absolute atomic E-state index is 13.9. The Morgan fingerprint density at radius 3 is 2.57 bits per heavy atom. The third-order valence-corrected chi connectivity index (χ3v) is 2.37. The topological polar surface area (TPSA) is 12.0 Å². The van der Waals surface area contributed by atoms with Crippen molar-refractivity contribution in [3.8, 4) is 0 Å². The van der Waals surface area contributed by atoms with Crippen molar-refractivity contribution >= 4 is 0 Å². The van der Waals surface area contributed by atoms with Crippen LogP contribution in [0, 0.1) is 6.92 Å². The predicted octanol–water partition coefficient (Wildman–Crippen LogP) is 2.49. The first-order chi connectivity index (χ1) is 6.55. The van der Waals surface area contributed by atoms with E-state index in [1.807, 2.05) is 31.2 Å². The first-order valence-corrected chi connectivity index (χ1v) is 4.93. The van der Waals surface area contributed by atoms with Gasteiger partial charge >= 0.3 is 0 Å². The minimum Gasteiger partial charge on any atom is -0.317 e. The highest BCUT2D eigenvalue weighted by atomic mass is 19.1. The summed E-state index contributed by atoms with van der Waals surface area (Å²) in [6, 6.07) is 7.94. The monoisotopic (exact) mass is 195 g/mol. The average molecular weight is 195 g/mol. The molecule has 1 N–H and O–H groups in total. The molecule has 0 aliphatic heterocycles. The van der Waals surface area contributed by atoms with Gasteiger partial charge in [0.15, 0.2) is 0 Å². The van der Waals surface area contributed by atoms with Crippen molar-refractivity contribution in [3.63, 3.8) is 0 Å². The molecule has 14 heavy (non-hydrogen) atoms. The number of rotatable bonds is 4. The van der Waals surface area contributed by atoms with Crippen LogP contribution < -0.4 is 5.32 Å². The van der Waals surface area contributed by atoms with Gasteiger partial charge in [-0.25, -0.2) is 4.39 Å². The number of aryl methyl sites for hydroxylation is 1. The maximum Gasteiger partial charge on any atom is 0.124 e. The lowest BCUT2D eigenvalue weighted by molar-refractivity contribution is 0.188. The van der Waals surface area contributed by atoms with Crippen molar-refractivity contribution in [2.75, 3.05) is 13.6 Å². The molecule has 0 aliphatic rings. The summed E-state index contributed by atoms with van der Waals surface area (Å²) >= 11 is 0. The lowest BCUT2D eigenvalue weighted by Crippen LogP contribution is -2.34. The highest BCUT2D eigenvalue weighted by molar-refractivity contribution is 5.27. The van der Waals surface area contributed by atoms with Gasteiger partial charge in [-0.15, -0.1) is 0 Å². The van der Waals surface area contributed by atoms with Gasteiger partial charge in [-0.2, -0.15) is 0 Å². The minimum absolute atomic E-state index is 0.390. The number of alkyl halides is 1. The van der Waals surface area contributed by atoms with Gasteiger partial charge in [0.05, 0.1) is 0 Å². The predicted molar refractivity (Wildman–Crippen MR) is 58.3 cm³/mol. The molecule has 1 nitrogen and oxygen atoms in total. The van der Waals surface area contributed by atoms with Crippen LogP contribution in [-0.2, 0) is 6.42 Å². The Kier molecular flexibility index (Phi) is 3.64. The molecule has 0 radical (unpaired) electrons. The molecule has 0 aromatic heterocycles. The number of hydrogen-bond acceptors (Lipinski definition) is 1. The molecule has 0 aliphatic carbocycles. The van der Waals surface area contributed by atoms with E-state index < -0.39 is 5.67 Å². The first kappa shape index (κ1) is 11.2. The molecule has 1 rings (SSSR count). The first-order valence-electron chi connectivity index (χ1n) is 4.93. The van der Waals surface area contributed by atoms with Crippen LogP contribution in [0.3, 0.4) is 0 Å². The van der Waals surface area contributed by atoms with Crippen molar-refractivity contribution in [2.24, 2.45) is 0 Å². The Labute approximate surface area is 85.3 Å². The Morgan fingerprint density at radius 2 is 2.00 bits per heavy atom. The molecular weight excluding hydrogens is 177 g/mol. The smallest absolute Gasteiger partial charge is 0.124 e. The molecule has 1 aromatic carbocycles. The van der Waals surface area contributed by atoms with E-state index in [4.69, 9.17) is 0 Å². The zero-order valence-electron chi connectivity index (χ0n) is 9.10. The molecule has 0 spiro atoms. The molecule has 0 saturated heterocycles. The fourth-order valence-electron chi connectivity index (χ4n) is 1.64. The van der Waals surface area contributed by atoms with E-state index in [2.05, 4.69) is 5.32 Å². The Balaban J connectivity index is 2.73. The van der Waals surface area contributed by atoms with E-state index in [0.29, 0.717) is 13.0 Å². The van der Waals surface area contributed by atoms with Crippen LogP contribution >= 0.6 is 0 Å². The molecule has 0 saturated carbocycles. The minimum atomic E-state index is -1.17. The average Bonchev–Trinajstić information content (AvgIpc) is 2.08.